The van der Waals surface area contributed by atoms with Crippen LogP contribution in [0.4, 0.5) is 0 Å². The lowest BCUT2D eigenvalue weighted by atomic mass is 10.1. The Morgan fingerprint density at radius 2 is 2.35 bits per heavy atom. The summed E-state index contributed by atoms with van der Waals surface area (Å²) in [5.74, 6) is 0.0534. The van der Waals surface area contributed by atoms with E-state index < -0.39 is 0 Å². The van der Waals surface area contributed by atoms with Gasteiger partial charge in [-0.1, -0.05) is 6.07 Å². The summed E-state index contributed by atoms with van der Waals surface area (Å²) in [4.78, 5) is 24.3. The number of fused-ring (bicyclic) bond motifs is 1. The lowest BCUT2D eigenvalue weighted by Crippen LogP contribution is -2.03. The molecule has 0 fully saturated rings. The highest BCUT2D eigenvalue weighted by Gasteiger charge is 2.13. The first-order chi connectivity index (χ1) is 8.34. The fourth-order valence-corrected chi connectivity index (χ4v) is 2.44. The van der Waals surface area contributed by atoms with Gasteiger partial charge in [-0.3, -0.25) is 9.78 Å². The van der Waals surface area contributed by atoms with Gasteiger partial charge in [-0.05, 0) is 11.4 Å². The van der Waals surface area contributed by atoms with Crippen LogP contribution in [0.3, 0.4) is 0 Å². The lowest BCUT2D eigenvalue weighted by molar-refractivity contribution is 0.0995. The van der Waals surface area contributed by atoms with Crippen molar-refractivity contribution >= 4 is 28.2 Å². The van der Waals surface area contributed by atoms with Crippen LogP contribution in [0.5, 0.6) is 0 Å². The molecule has 0 amide bonds. The van der Waals surface area contributed by atoms with Crippen LogP contribution >= 0.6 is 11.3 Å². The molecule has 3 aromatic rings. The number of hydrogen-bond donors (Lipinski definition) is 1. The standard InChI is InChI=1S/C12H9N3OS/c16-11(4-8-2-1-3-17-8)9-5-13-6-10-12(9)15-7-14-10/h1-3,5-7H,4H2,(H,14,15). The van der Waals surface area contributed by atoms with Crippen molar-refractivity contribution in [1.29, 1.82) is 0 Å². The molecule has 1 N–H and O–H groups in total. The molecule has 84 valence electrons. The van der Waals surface area contributed by atoms with E-state index in [1.165, 1.54) is 0 Å². The maximum absolute atomic E-state index is 12.1. The van der Waals surface area contributed by atoms with Crippen LogP contribution in [0.25, 0.3) is 11.0 Å². The van der Waals surface area contributed by atoms with Gasteiger partial charge in [-0.25, -0.2) is 4.98 Å². The van der Waals surface area contributed by atoms with Gasteiger partial charge in [0.1, 0.15) is 5.52 Å². The van der Waals surface area contributed by atoms with Crippen molar-refractivity contribution in [3.63, 3.8) is 0 Å². The molecule has 0 aromatic carbocycles. The van der Waals surface area contributed by atoms with Crippen LogP contribution in [0, 0.1) is 0 Å². The van der Waals surface area contributed by atoms with Gasteiger partial charge in [0.15, 0.2) is 5.78 Å². The van der Waals surface area contributed by atoms with Gasteiger partial charge in [0.05, 0.1) is 23.6 Å². The normalized spacial score (nSPS) is 10.8. The molecule has 0 bridgehead atoms. The van der Waals surface area contributed by atoms with Crippen LogP contribution < -0.4 is 0 Å². The molecule has 0 spiro atoms. The summed E-state index contributed by atoms with van der Waals surface area (Å²) in [6.07, 6.45) is 5.24. The Bertz CT molecular complexity index is 657. The van der Waals surface area contributed by atoms with Crippen molar-refractivity contribution in [2.75, 3.05) is 0 Å². The number of H-pyrrole nitrogens is 1. The number of hydrogen-bond acceptors (Lipinski definition) is 4. The molecule has 3 aromatic heterocycles. The predicted molar refractivity (Wildman–Crippen MR) is 66.2 cm³/mol. The number of nitrogens with zero attached hydrogens (tertiary/aromatic N) is 2. The average molecular weight is 243 g/mol. The van der Waals surface area contributed by atoms with E-state index >= 15 is 0 Å². The summed E-state index contributed by atoms with van der Waals surface area (Å²) in [5.41, 5.74) is 2.07. The van der Waals surface area contributed by atoms with E-state index in [1.54, 1.807) is 30.1 Å². The zero-order valence-corrected chi connectivity index (χ0v) is 9.70. The molecule has 3 heterocycles. The van der Waals surface area contributed by atoms with Gasteiger partial charge in [-0.2, -0.15) is 0 Å². The molecule has 0 aliphatic heterocycles. The molecule has 17 heavy (non-hydrogen) atoms. The molecule has 0 saturated heterocycles. The van der Waals surface area contributed by atoms with Crippen molar-refractivity contribution in [2.45, 2.75) is 6.42 Å². The molecule has 0 aliphatic carbocycles. The van der Waals surface area contributed by atoms with Crippen molar-refractivity contribution < 1.29 is 4.79 Å². The number of rotatable bonds is 3. The van der Waals surface area contributed by atoms with Crippen molar-refractivity contribution in [1.82, 2.24) is 15.0 Å². The van der Waals surface area contributed by atoms with Crippen LogP contribution in [-0.4, -0.2) is 20.7 Å². The molecule has 0 saturated carbocycles. The third-order valence-corrected chi connectivity index (χ3v) is 3.42. The van der Waals surface area contributed by atoms with E-state index in [9.17, 15) is 4.79 Å². The highest BCUT2D eigenvalue weighted by molar-refractivity contribution is 7.10. The summed E-state index contributed by atoms with van der Waals surface area (Å²) in [5, 5.41) is 1.97. The maximum Gasteiger partial charge on any atom is 0.171 e. The third-order valence-electron chi connectivity index (χ3n) is 2.55. The van der Waals surface area contributed by atoms with Crippen molar-refractivity contribution in [2.24, 2.45) is 0 Å². The fraction of sp³-hybridized carbons (Fsp3) is 0.0833. The van der Waals surface area contributed by atoms with Gasteiger partial charge in [0.2, 0.25) is 0 Å². The third kappa shape index (κ3) is 1.85. The summed E-state index contributed by atoms with van der Waals surface area (Å²) in [6.45, 7) is 0. The van der Waals surface area contributed by atoms with Gasteiger partial charge in [-0.15, -0.1) is 11.3 Å². The molecule has 3 rings (SSSR count). The smallest absolute Gasteiger partial charge is 0.171 e. The van der Waals surface area contributed by atoms with Crippen LogP contribution in [0.15, 0.2) is 36.2 Å². The summed E-state index contributed by atoms with van der Waals surface area (Å²) < 4.78 is 0. The molecule has 4 nitrogen and oxygen atoms in total. The number of aromatic nitrogens is 3. The zero-order valence-electron chi connectivity index (χ0n) is 8.88. The quantitative estimate of drug-likeness (QED) is 0.719. The average Bonchev–Trinajstić information content (AvgIpc) is 2.97. The summed E-state index contributed by atoms with van der Waals surface area (Å²) in [7, 11) is 0. The van der Waals surface area contributed by atoms with Crippen molar-refractivity contribution in [3.8, 4) is 0 Å². The highest BCUT2D eigenvalue weighted by atomic mass is 32.1. The number of pyridine rings is 1. The first kappa shape index (κ1) is 10.2. The minimum Gasteiger partial charge on any atom is -0.343 e. The van der Waals surface area contributed by atoms with Gasteiger partial charge in [0.25, 0.3) is 0 Å². The Balaban J connectivity index is 1.98. The molecular weight excluding hydrogens is 234 g/mol. The van der Waals surface area contributed by atoms with Gasteiger partial charge >= 0.3 is 0 Å². The monoisotopic (exact) mass is 243 g/mol. The Hall–Kier alpha value is -2.01. The van der Waals surface area contributed by atoms with Crippen LogP contribution in [-0.2, 0) is 6.42 Å². The number of nitrogens with one attached hydrogen (secondary N) is 1. The van der Waals surface area contributed by atoms with E-state index in [4.69, 9.17) is 0 Å². The molecular formula is C12H9N3OS. The summed E-state index contributed by atoms with van der Waals surface area (Å²) >= 11 is 1.58. The van der Waals surface area contributed by atoms with Gasteiger partial charge in [0, 0.05) is 17.5 Å². The topological polar surface area (TPSA) is 58.6 Å². The van der Waals surface area contributed by atoms with E-state index in [0.717, 1.165) is 10.4 Å². The number of thiophene rings is 1. The van der Waals surface area contributed by atoms with Crippen LogP contribution in [0.1, 0.15) is 15.2 Å². The second-order valence-corrected chi connectivity index (χ2v) is 4.70. The zero-order chi connectivity index (χ0) is 11.7. The Kier molecular flexibility index (Phi) is 2.45. The molecule has 0 unspecified atom stereocenters. The van der Waals surface area contributed by atoms with E-state index in [-0.39, 0.29) is 5.78 Å². The molecule has 0 radical (unpaired) electrons. The number of aromatic amines is 1. The van der Waals surface area contributed by atoms with Crippen molar-refractivity contribution in [3.05, 3.63) is 46.7 Å². The molecule has 0 aliphatic rings. The number of Topliss-reactive ketones (excluding diaryl/α,β-unsaturated/α-hetero) is 1. The Morgan fingerprint density at radius 3 is 3.18 bits per heavy atom. The minimum absolute atomic E-state index is 0.0534. The number of ketones is 1. The first-order valence-electron chi connectivity index (χ1n) is 5.17. The minimum atomic E-state index is 0.0534. The Labute approximate surface area is 101 Å². The second-order valence-electron chi connectivity index (χ2n) is 3.67. The number of imidazole rings is 1. The van der Waals surface area contributed by atoms with Crippen LogP contribution in [0.2, 0.25) is 0 Å². The fourth-order valence-electron chi connectivity index (χ4n) is 1.74. The number of carbonyl (C=O) groups excluding carboxylic acids is 1. The van der Waals surface area contributed by atoms with E-state index in [1.807, 2.05) is 17.5 Å². The lowest BCUT2D eigenvalue weighted by Gasteiger charge is -1.99. The van der Waals surface area contributed by atoms with Gasteiger partial charge < -0.3 is 4.98 Å². The molecule has 0 atom stereocenters. The van der Waals surface area contributed by atoms with E-state index in [2.05, 4.69) is 15.0 Å². The molecule has 5 heteroatoms. The Morgan fingerprint density at radius 1 is 1.41 bits per heavy atom. The highest BCUT2D eigenvalue weighted by Crippen LogP contribution is 2.17. The van der Waals surface area contributed by atoms with E-state index in [0.29, 0.717) is 17.5 Å². The SMILES string of the molecule is O=C(Cc1cccs1)c1cncc2[nH]cnc12. The predicted octanol–water partition coefficient (Wildman–Crippen LogP) is 2.44. The summed E-state index contributed by atoms with van der Waals surface area (Å²) in [6, 6.07) is 3.90. The number of carbonyl (C=O) groups is 1. The first-order valence-corrected chi connectivity index (χ1v) is 6.05. The maximum atomic E-state index is 12.1. The largest absolute Gasteiger partial charge is 0.343 e. The second kappa shape index (κ2) is 4.10.